The highest BCUT2D eigenvalue weighted by Crippen LogP contribution is 2.18. The molecule has 3 unspecified atom stereocenters. The fraction of sp³-hybridized carbons (Fsp3) is 0.846. The van der Waals surface area contributed by atoms with Crippen LogP contribution in [0.5, 0.6) is 0 Å². The van der Waals surface area contributed by atoms with E-state index in [0.717, 1.165) is 25.9 Å². The molecule has 0 aromatic carbocycles. The van der Waals surface area contributed by atoms with E-state index >= 15 is 0 Å². The Morgan fingerprint density at radius 1 is 1.60 bits per heavy atom. The van der Waals surface area contributed by atoms with Gasteiger partial charge in [-0.1, -0.05) is 13.3 Å². The van der Waals surface area contributed by atoms with E-state index in [1.807, 2.05) is 0 Å². The Kier molecular flexibility index (Phi) is 5.75. The summed E-state index contributed by atoms with van der Waals surface area (Å²) in [6.45, 7) is 5.26. The van der Waals surface area contributed by atoms with E-state index in [4.69, 9.17) is 11.2 Å². The van der Waals surface area contributed by atoms with Crippen LogP contribution in [0.15, 0.2) is 0 Å². The SMILES string of the molecule is C#CCC(C)NC1CCOC(CCC)C1. The second-order valence-corrected chi connectivity index (χ2v) is 4.48. The molecule has 1 N–H and O–H groups in total. The summed E-state index contributed by atoms with van der Waals surface area (Å²) in [5.41, 5.74) is 0. The normalized spacial score (nSPS) is 28.3. The molecular weight excluding hydrogens is 186 g/mol. The molecule has 86 valence electrons. The molecule has 3 atom stereocenters. The van der Waals surface area contributed by atoms with Crippen LogP contribution in [0.3, 0.4) is 0 Å². The lowest BCUT2D eigenvalue weighted by Gasteiger charge is -2.31. The van der Waals surface area contributed by atoms with Crippen molar-refractivity contribution in [3.05, 3.63) is 0 Å². The average Bonchev–Trinajstić information content (AvgIpc) is 2.19. The van der Waals surface area contributed by atoms with Crippen LogP contribution < -0.4 is 5.32 Å². The summed E-state index contributed by atoms with van der Waals surface area (Å²) in [7, 11) is 0. The van der Waals surface area contributed by atoms with Crippen molar-refractivity contribution < 1.29 is 4.74 Å². The molecule has 0 aromatic heterocycles. The second-order valence-electron chi connectivity index (χ2n) is 4.48. The van der Waals surface area contributed by atoms with E-state index in [0.29, 0.717) is 18.2 Å². The number of hydrogen-bond donors (Lipinski definition) is 1. The van der Waals surface area contributed by atoms with Gasteiger partial charge in [-0.2, -0.15) is 0 Å². The van der Waals surface area contributed by atoms with Crippen LogP contribution in [0, 0.1) is 12.3 Å². The fourth-order valence-electron chi connectivity index (χ4n) is 2.19. The molecule has 1 aliphatic heterocycles. The van der Waals surface area contributed by atoms with Crippen molar-refractivity contribution in [3.8, 4) is 12.3 Å². The van der Waals surface area contributed by atoms with Crippen molar-refractivity contribution in [1.82, 2.24) is 5.32 Å². The van der Waals surface area contributed by atoms with Crippen LogP contribution in [-0.4, -0.2) is 24.8 Å². The third-order valence-corrected chi connectivity index (χ3v) is 2.92. The lowest BCUT2D eigenvalue weighted by Crippen LogP contribution is -2.42. The summed E-state index contributed by atoms with van der Waals surface area (Å²) >= 11 is 0. The van der Waals surface area contributed by atoms with Crippen LogP contribution in [-0.2, 0) is 4.74 Å². The van der Waals surface area contributed by atoms with E-state index in [2.05, 4.69) is 25.1 Å². The third-order valence-electron chi connectivity index (χ3n) is 2.92. The number of ether oxygens (including phenoxy) is 1. The van der Waals surface area contributed by atoms with Crippen LogP contribution in [0.25, 0.3) is 0 Å². The number of nitrogens with one attached hydrogen (secondary N) is 1. The predicted molar refractivity (Wildman–Crippen MR) is 63.7 cm³/mol. The number of terminal acetylenes is 1. The first-order valence-electron chi connectivity index (χ1n) is 6.07. The van der Waals surface area contributed by atoms with E-state index < -0.39 is 0 Å². The molecule has 0 bridgehead atoms. The highest BCUT2D eigenvalue weighted by Gasteiger charge is 2.22. The smallest absolute Gasteiger partial charge is 0.0589 e. The molecule has 1 heterocycles. The van der Waals surface area contributed by atoms with Crippen LogP contribution in [0.2, 0.25) is 0 Å². The van der Waals surface area contributed by atoms with Gasteiger partial charge in [-0.25, -0.2) is 0 Å². The van der Waals surface area contributed by atoms with Crippen molar-refractivity contribution in [1.29, 1.82) is 0 Å². The average molecular weight is 209 g/mol. The number of hydrogen-bond acceptors (Lipinski definition) is 2. The minimum absolute atomic E-state index is 0.431. The summed E-state index contributed by atoms with van der Waals surface area (Å²) in [5, 5.41) is 3.59. The Labute approximate surface area is 93.8 Å². The lowest BCUT2D eigenvalue weighted by molar-refractivity contribution is -0.00457. The maximum atomic E-state index is 5.71. The van der Waals surface area contributed by atoms with Crippen molar-refractivity contribution in [2.24, 2.45) is 0 Å². The standard InChI is InChI=1S/C13H23NO/c1-4-6-11(3)14-12-8-9-15-13(10-12)7-5-2/h1,11-14H,5-10H2,2-3H3. The molecule has 1 aliphatic rings. The van der Waals surface area contributed by atoms with E-state index in [1.165, 1.54) is 12.8 Å². The summed E-state index contributed by atoms with van der Waals surface area (Å²) < 4.78 is 5.71. The highest BCUT2D eigenvalue weighted by atomic mass is 16.5. The second kappa shape index (κ2) is 6.87. The molecule has 0 saturated carbocycles. The molecule has 2 heteroatoms. The van der Waals surface area contributed by atoms with Gasteiger partial charge in [-0.15, -0.1) is 12.3 Å². The van der Waals surface area contributed by atoms with Crippen molar-refractivity contribution in [2.45, 2.75) is 64.1 Å². The van der Waals surface area contributed by atoms with Crippen LogP contribution in [0.4, 0.5) is 0 Å². The van der Waals surface area contributed by atoms with Gasteiger partial charge >= 0.3 is 0 Å². The molecule has 2 nitrogen and oxygen atoms in total. The molecule has 0 aromatic rings. The van der Waals surface area contributed by atoms with Gasteiger partial charge < -0.3 is 10.1 Å². The van der Waals surface area contributed by atoms with Gasteiger partial charge in [0.1, 0.15) is 0 Å². The van der Waals surface area contributed by atoms with Gasteiger partial charge in [0.25, 0.3) is 0 Å². The maximum Gasteiger partial charge on any atom is 0.0589 e. The Morgan fingerprint density at radius 3 is 3.07 bits per heavy atom. The molecule has 0 amide bonds. The van der Waals surface area contributed by atoms with Gasteiger partial charge in [-0.05, 0) is 26.2 Å². The third kappa shape index (κ3) is 4.68. The summed E-state index contributed by atoms with van der Waals surface area (Å²) in [5.74, 6) is 2.70. The van der Waals surface area contributed by atoms with Gasteiger partial charge in [0.2, 0.25) is 0 Å². The minimum atomic E-state index is 0.431. The van der Waals surface area contributed by atoms with Crippen LogP contribution in [0.1, 0.15) is 46.0 Å². The zero-order chi connectivity index (χ0) is 11.1. The zero-order valence-corrected chi connectivity index (χ0v) is 9.96. The molecule has 15 heavy (non-hydrogen) atoms. The monoisotopic (exact) mass is 209 g/mol. The topological polar surface area (TPSA) is 21.3 Å². The van der Waals surface area contributed by atoms with Crippen LogP contribution >= 0.6 is 0 Å². The van der Waals surface area contributed by atoms with E-state index in [-0.39, 0.29) is 0 Å². The van der Waals surface area contributed by atoms with E-state index in [9.17, 15) is 0 Å². The first kappa shape index (κ1) is 12.5. The Morgan fingerprint density at radius 2 is 2.40 bits per heavy atom. The molecule has 0 aliphatic carbocycles. The molecule has 1 saturated heterocycles. The fourth-order valence-corrected chi connectivity index (χ4v) is 2.19. The first-order valence-corrected chi connectivity index (χ1v) is 6.07. The van der Waals surface area contributed by atoms with Gasteiger partial charge in [-0.3, -0.25) is 0 Å². The van der Waals surface area contributed by atoms with Gasteiger partial charge in [0.15, 0.2) is 0 Å². The zero-order valence-electron chi connectivity index (χ0n) is 9.96. The van der Waals surface area contributed by atoms with Gasteiger partial charge in [0.05, 0.1) is 6.10 Å². The maximum absolute atomic E-state index is 5.71. The molecular formula is C13H23NO. The van der Waals surface area contributed by atoms with E-state index in [1.54, 1.807) is 0 Å². The van der Waals surface area contributed by atoms with Crippen molar-refractivity contribution in [2.75, 3.05) is 6.61 Å². The summed E-state index contributed by atoms with van der Waals surface area (Å²) in [6, 6.07) is 1.03. The molecule has 1 rings (SSSR count). The van der Waals surface area contributed by atoms with Crippen molar-refractivity contribution in [3.63, 3.8) is 0 Å². The van der Waals surface area contributed by atoms with Crippen molar-refractivity contribution >= 4 is 0 Å². The first-order chi connectivity index (χ1) is 7.26. The lowest BCUT2D eigenvalue weighted by atomic mass is 9.99. The largest absolute Gasteiger partial charge is 0.378 e. The Bertz CT molecular complexity index is 207. The summed E-state index contributed by atoms with van der Waals surface area (Å²) in [4.78, 5) is 0. The Balaban J connectivity index is 2.27. The Hall–Kier alpha value is -0.520. The highest BCUT2D eigenvalue weighted by molar-refractivity contribution is 4.90. The molecule has 0 spiro atoms. The summed E-state index contributed by atoms with van der Waals surface area (Å²) in [6.07, 6.45) is 11.2. The predicted octanol–water partition coefficient (Wildman–Crippen LogP) is 2.34. The van der Waals surface area contributed by atoms with Gasteiger partial charge in [0, 0.05) is 25.1 Å². The number of rotatable bonds is 5. The molecule has 0 radical (unpaired) electrons. The quantitative estimate of drug-likeness (QED) is 0.702. The minimum Gasteiger partial charge on any atom is -0.378 e. The molecule has 1 fully saturated rings.